The highest BCUT2D eigenvalue weighted by atomic mass is 16.5. The Morgan fingerprint density at radius 2 is 1.86 bits per heavy atom. The SMILES string of the molecule is COc1ccc(CCC(=O)Nc2cccc(CN3CCCCC3=O)c2)cc1OC. The number of hydrogen-bond acceptors (Lipinski definition) is 4. The number of likely N-dealkylation sites (tertiary alicyclic amines) is 1. The number of nitrogens with one attached hydrogen (secondary N) is 1. The minimum absolute atomic E-state index is 0.0500. The molecule has 0 aromatic heterocycles. The Bertz CT molecular complexity index is 866. The van der Waals surface area contributed by atoms with E-state index in [1.54, 1.807) is 14.2 Å². The van der Waals surface area contributed by atoms with Crippen molar-refractivity contribution in [3.05, 3.63) is 53.6 Å². The van der Waals surface area contributed by atoms with E-state index in [9.17, 15) is 9.59 Å². The molecule has 2 amide bonds. The Hall–Kier alpha value is -3.02. The molecule has 1 fully saturated rings. The molecular formula is C23H28N2O4. The Morgan fingerprint density at radius 3 is 2.62 bits per heavy atom. The molecule has 0 bridgehead atoms. The van der Waals surface area contributed by atoms with Gasteiger partial charge in [-0.2, -0.15) is 0 Å². The van der Waals surface area contributed by atoms with Crippen LogP contribution in [0.2, 0.25) is 0 Å². The fourth-order valence-electron chi connectivity index (χ4n) is 3.51. The summed E-state index contributed by atoms with van der Waals surface area (Å²) in [5, 5.41) is 2.95. The van der Waals surface area contributed by atoms with Gasteiger partial charge >= 0.3 is 0 Å². The first-order valence-corrected chi connectivity index (χ1v) is 9.96. The molecule has 6 nitrogen and oxygen atoms in total. The maximum Gasteiger partial charge on any atom is 0.224 e. The van der Waals surface area contributed by atoms with Crippen molar-refractivity contribution in [3.63, 3.8) is 0 Å². The molecule has 2 aromatic rings. The van der Waals surface area contributed by atoms with Crippen molar-refractivity contribution in [1.82, 2.24) is 4.90 Å². The maximum atomic E-state index is 12.4. The lowest BCUT2D eigenvalue weighted by Gasteiger charge is -2.26. The normalized spacial score (nSPS) is 13.9. The quantitative estimate of drug-likeness (QED) is 0.737. The number of hydrogen-bond donors (Lipinski definition) is 1. The predicted octanol–water partition coefficient (Wildman–Crippen LogP) is 3.79. The smallest absolute Gasteiger partial charge is 0.224 e. The second kappa shape index (κ2) is 9.96. The van der Waals surface area contributed by atoms with Gasteiger partial charge in [-0.15, -0.1) is 0 Å². The number of carbonyl (C=O) groups is 2. The summed E-state index contributed by atoms with van der Waals surface area (Å²) in [6.07, 6.45) is 3.63. The Balaban J connectivity index is 1.54. The summed E-state index contributed by atoms with van der Waals surface area (Å²) in [6.45, 7) is 1.40. The van der Waals surface area contributed by atoms with Gasteiger partial charge in [-0.3, -0.25) is 9.59 Å². The van der Waals surface area contributed by atoms with E-state index in [1.165, 1.54) is 0 Å². The van der Waals surface area contributed by atoms with Gasteiger partial charge in [0.05, 0.1) is 14.2 Å². The van der Waals surface area contributed by atoms with Crippen LogP contribution in [0.25, 0.3) is 0 Å². The van der Waals surface area contributed by atoms with Crippen molar-refractivity contribution in [2.24, 2.45) is 0 Å². The van der Waals surface area contributed by atoms with Gasteiger partial charge in [0, 0.05) is 31.6 Å². The lowest BCUT2D eigenvalue weighted by Crippen LogP contribution is -2.34. The van der Waals surface area contributed by atoms with Crippen molar-refractivity contribution >= 4 is 17.5 Å². The number of aryl methyl sites for hydroxylation is 1. The molecule has 0 aliphatic carbocycles. The van der Waals surface area contributed by atoms with Gasteiger partial charge in [-0.1, -0.05) is 18.2 Å². The molecule has 1 aliphatic heterocycles. The summed E-state index contributed by atoms with van der Waals surface area (Å²) in [7, 11) is 3.19. The fourth-order valence-corrected chi connectivity index (χ4v) is 3.51. The highest BCUT2D eigenvalue weighted by molar-refractivity contribution is 5.90. The minimum atomic E-state index is -0.0500. The number of piperidine rings is 1. The van der Waals surface area contributed by atoms with E-state index in [2.05, 4.69) is 5.32 Å². The Labute approximate surface area is 171 Å². The second-order valence-corrected chi connectivity index (χ2v) is 7.21. The van der Waals surface area contributed by atoms with Crippen molar-refractivity contribution in [3.8, 4) is 11.5 Å². The second-order valence-electron chi connectivity index (χ2n) is 7.21. The molecule has 3 rings (SSSR count). The van der Waals surface area contributed by atoms with Crippen LogP contribution in [0.5, 0.6) is 11.5 Å². The van der Waals surface area contributed by atoms with E-state index in [1.807, 2.05) is 47.4 Å². The summed E-state index contributed by atoms with van der Waals surface area (Å²) in [4.78, 5) is 26.3. The van der Waals surface area contributed by atoms with E-state index < -0.39 is 0 Å². The van der Waals surface area contributed by atoms with Crippen LogP contribution in [-0.4, -0.2) is 37.5 Å². The first kappa shape index (κ1) is 20.7. The first-order chi connectivity index (χ1) is 14.1. The van der Waals surface area contributed by atoms with Gasteiger partial charge in [0.15, 0.2) is 11.5 Å². The molecule has 0 saturated carbocycles. The topological polar surface area (TPSA) is 67.9 Å². The van der Waals surface area contributed by atoms with Crippen LogP contribution in [0.15, 0.2) is 42.5 Å². The number of anilines is 1. The largest absolute Gasteiger partial charge is 0.493 e. The van der Waals surface area contributed by atoms with Gasteiger partial charge in [-0.25, -0.2) is 0 Å². The highest BCUT2D eigenvalue weighted by Crippen LogP contribution is 2.28. The maximum absolute atomic E-state index is 12.4. The number of rotatable bonds is 8. The summed E-state index contributed by atoms with van der Waals surface area (Å²) in [5.41, 5.74) is 2.79. The number of benzene rings is 2. The monoisotopic (exact) mass is 396 g/mol. The zero-order valence-electron chi connectivity index (χ0n) is 17.1. The number of ether oxygens (including phenoxy) is 2. The summed E-state index contributed by atoms with van der Waals surface area (Å²) in [5.74, 6) is 1.49. The molecular weight excluding hydrogens is 368 g/mol. The van der Waals surface area contributed by atoms with Crippen LogP contribution in [0, 0.1) is 0 Å². The molecule has 0 spiro atoms. The predicted molar refractivity (Wildman–Crippen MR) is 112 cm³/mol. The van der Waals surface area contributed by atoms with Crippen molar-refractivity contribution in [1.29, 1.82) is 0 Å². The van der Waals surface area contributed by atoms with E-state index in [-0.39, 0.29) is 11.8 Å². The van der Waals surface area contributed by atoms with Crippen molar-refractivity contribution in [2.75, 3.05) is 26.1 Å². The van der Waals surface area contributed by atoms with Crippen LogP contribution < -0.4 is 14.8 Å². The molecule has 0 unspecified atom stereocenters. The number of amides is 2. The zero-order valence-corrected chi connectivity index (χ0v) is 17.1. The first-order valence-electron chi connectivity index (χ1n) is 9.96. The number of nitrogens with zero attached hydrogens (tertiary/aromatic N) is 1. The standard InChI is InChI=1S/C23H28N2O4/c1-28-20-11-9-17(15-21(20)29-2)10-12-22(26)24-19-7-5-6-18(14-19)16-25-13-4-3-8-23(25)27/h5-7,9,11,14-15H,3-4,8,10,12-13,16H2,1-2H3,(H,24,26). The molecule has 0 radical (unpaired) electrons. The lowest BCUT2D eigenvalue weighted by molar-refractivity contribution is -0.133. The van der Waals surface area contributed by atoms with Crippen LogP contribution in [0.3, 0.4) is 0 Å². The molecule has 154 valence electrons. The Kier molecular flexibility index (Phi) is 7.11. The third-order valence-electron chi connectivity index (χ3n) is 5.09. The van der Waals surface area contributed by atoms with E-state index in [4.69, 9.17) is 9.47 Å². The summed E-state index contributed by atoms with van der Waals surface area (Å²) >= 11 is 0. The van der Waals surface area contributed by atoms with Crippen molar-refractivity contribution in [2.45, 2.75) is 38.6 Å². The average molecular weight is 396 g/mol. The molecule has 1 heterocycles. The molecule has 1 N–H and O–H groups in total. The van der Waals surface area contributed by atoms with Gasteiger partial charge in [0.25, 0.3) is 0 Å². The number of methoxy groups -OCH3 is 2. The van der Waals surface area contributed by atoms with E-state index >= 15 is 0 Å². The lowest BCUT2D eigenvalue weighted by atomic mass is 10.1. The van der Waals surface area contributed by atoms with Crippen LogP contribution in [0.4, 0.5) is 5.69 Å². The summed E-state index contributed by atoms with van der Waals surface area (Å²) in [6, 6.07) is 13.4. The third-order valence-corrected chi connectivity index (χ3v) is 5.09. The summed E-state index contributed by atoms with van der Waals surface area (Å²) < 4.78 is 10.5. The van der Waals surface area contributed by atoms with Gasteiger partial charge in [0.2, 0.25) is 11.8 Å². The van der Waals surface area contributed by atoms with Crippen LogP contribution in [0.1, 0.15) is 36.8 Å². The molecule has 2 aromatic carbocycles. The van der Waals surface area contributed by atoms with Gasteiger partial charge < -0.3 is 19.7 Å². The van der Waals surface area contributed by atoms with E-state index in [0.717, 1.165) is 36.2 Å². The number of carbonyl (C=O) groups excluding carboxylic acids is 2. The molecule has 6 heteroatoms. The zero-order chi connectivity index (χ0) is 20.6. The molecule has 1 saturated heterocycles. The molecule has 0 atom stereocenters. The van der Waals surface area contributed by atoms with Crippen LogP contribution in [-0.2, 0) is 22.6 Å². The van der Waals surface area contributed by atoms with Crippen LogP contribution >= 0.6 is 0 Å². The van der Waals surface area contributed by atoms with Gasteiger partial charge in [-0.05, 0) is 54.7 Å². The fraction of sp³-hybridized carbons (Fsp3) is 0.391. The molecule has 1 aliphatic rings. The molecule has 29 heavy (non-hydrogen) atoms. The van der Waals surface area contributed by atoms with Gasteiger partial charge in [0.1, 0.15) is 0 Å². The van der Waals surface area contributed by atoms with E-state index in [0.29, 0.717) is 37.3 Å². The highest BCUT2D eigenvalue weighted by Gasteiger charge is 2.18. The van der Waals surface area contributed by atoms with Crippen molar-refractivity contribution < 1.29 is 19.1 Å². The minimum Gasteiger partial charge on any atom is -0.493 e. The Morgan fingerprint density at radius 1 is 1.03 bits per heavy atom. The average Bonchev–Trinajstić information content (AvgIpc) is 2.74. The third kappa shape index (κ3) is 5.73.